The standard InChI is InChI=1S/C66H106O6/c1-4-7-10-13-16-19-22-25-28-31-33-36-38-41-44-47-50-53-56-59-65(68)71-62-63(61-70-64(67)58-55-52-49-46-43-40-37-34-30-27-24-21-18-15-12-9-6-3)72-66(69)60-57-54-51-48-45-42-39-35-32-29-26-23-20-17-14-11-8-5-2/h9,12,16-23,25-27,29-30,32,35,37,39-40,46,49,63H,4-8,10-11,13-15,24,28,31,33-34,36,38,41-45,47-48,50-62H2,1-3H3/b12-9-,19-16-,20-17-,21-18-,25-22-,26-23-,30-27-,32-29-,39-35-,40-37-,49-46-. The van der Waals surface area contributed by atoms with Crippen LogP contribution in [-0.4, -0.2) is 37.2 Å². The van der Waals surface area contributed by atoms with Crippen molar-refractivity contribution in [3.63, 3.8) is 0 Å². The van der Waals surface area contributed by atoms with Crippen LogP contribution in [0.1, 0.15) is 245 Å². The average Bonchev–Trinajstić information content (AvgIpc) is 3.38. The van der Waals surface area contributed by atoms with E-state index >= 15 is 0 Å². The Balaban J connectivity index is 4.54. The minimum Gasteiger partial charge on any atom is -0.462 e. The monoisotopic (exact) mass is 995 g/mol. The fourth-order valence-corrected chi connectivity index (χ4v) is 7.60. The highest BCUT2D eigenvalue weighted by Crippen LogP contribution is 2.14. The largest absolute Gasteiger partial charge is 0.462 e. The summed E-state index contributed by atoms with van der Waals surface area (Å²) in [4.78, 5) is 38.2. The summed E-state index contributed by atoms with van der Waals surface area (Å²) in [5.74, 6) is -1.00. The molecule has 0 saturated carbocycles. The van der Waals surface area contributed by atoms with E-state index in [9.17, 15) is 14.4 Å². The molecule has 6 nitrogen and oxygen atoms in total. The van der Waals surface area contributed by atoms with E-state index in [2.05, 4.69) is 154 Å². The molecular formula is C66H106O6. The molecule has 0 aromatic heterocycles. The van der Waals surface area contributed by atoms with Crippen LogP contribution in [0, 0.1) is 0 Å². The van der Waals surface area contributed by atoms with Crippen LogP contribution in [0.4, 0.5) is 0 Å². The molecule has 0 fully saturated rings. The molecule has 0 aromatic rings. The molecule has 406 valence electrons. The first-order valence-corrected chi connectivity index (χ1v) is 29.3. The highest BCUT2D eigenvalue weighted by atomic mass is 16.6. The third-order valence-corrected chi connectivity index (χ3v) is 12.0. The highest BCUT2D eigenvalue weighted by Gasteiger charge is 2.19. The van der Waals surface area contributed by atoms with Crippen molar-refractivity contribution in [3.8, 4) is 0 Å². The lowest BCUT2D eigenvalue weighted by Gasteiger charge is -2.18. The van der Waals surface area contributed by atoms with Crippen LogP contribution in [0.3, 0.4) is 0 Å². The fraction of sp³-hybridized carbons (Fsp3) is 0.621. The minimum atomic E-state index is -0.821. The summed E-state index contributed by atoms with van der Waals surface area (Å²) in [7, 11) is 0. The lowest BCUT2D eigenvalue weighted by molar-refractivity contribution is -0.167. The van der Waals surface area contributed by atoms with Crippen molar-refractivity contribution in [3.05, 3.63) is 134 Å². The second-order valence-corrected chi connectivity index (χ2v) is 18.9. The van der Waals surface area contributed by atoms with Gasteiger partial charge in [-0.1, -0.05) is 251 Å². The van der Waals surface area contributed by atoms with Gasteiger partial charge in [-0.25, -0.2) is 0 Å². The van der Waals surface area contributed by atoms with Gasteiger partial charge in [-0.05, 0) is 109 Å². The topological polar surface area (TPSA) is 78.9 Å². The highest BCUT2D eigenvalue weighted by molar-refractivity contribution is 5.71. The summed E-state index contributed by atoms with van der Waals surface area (Å²) in [6.07, 6.45) is 82.9. The Morgan fingerprint density at radius 3 is 1.03 bits per heavy atom. The van der Waals surface area contributed by atoms with Crippen molar-refractivity contribution in [2.75, 3.05) is 13.2 Å². The lowest BCUT2D eigenvalue weighted by Crippen LogP contribution is -2.30. The third kappa shape index (κ3) is 56.5. The molecule has 0 aliphatic rings. The molecule has 0 rings (SSSR count). The quantitative estimate of drug-likeness (QED) is 0.0199. The predicted molar refractivity (Wildman–Crippen MR) is 311 cm³/mol. The molecule has 0 bridgehead atoms. The molecule has 0 heterocycles. The van der Waals surface area contributed by atoms with Crippen LogP contribution in [0.2, 0.25) is 0 Å². The number of hydrogen-bond donors (Lipinski definition) is 0. The molecule has 1 atom stereocenters. The summed E-state index contributed by atoms with van der Waals surface area (Å²) in [5, 5.41) is 0. The second kappa shape index (κ2) is 59.1. The van der Waals surface area contributed by atoms with Crippen LogP contribution in [-0.2, 0) is 28.6 Å². The first kappa shape index (κ1) is 67.5. The zero-order chi connectivity index (χ0) is 52.2. The van der Waals surface area contributed by atoms with Gasteiger partial charge in [-0.3, -0.25) is 14.4 Å². The molecule has 72 heavy (non-hydrogen) atoms. The number of ether oxygens (including phenoxy) is 3. The van der Waals surface area contributed by atoms with Crippen LogP contribution in [0.25, 0.3) is 0 Å². The van der Waals surface area contributed by atoms with Crippen LogP contribution in [0.15, 0.2) is 134 Å². The summed E-state index contributed by atoms with van der Waals surface area (Å²) in [6, 6.07) is 0. The summed E-state index contributed by atoms with van der Waals surface area (Å²) >= 11 is 0. The molecule has 0 amide bonds. The Morgan fingerprint density at radius 1 is 0.306 bits per heavy atom. The smallest absolute Gasteiger partial charge is 0.306 e. The van der Waals surface area contributed by atoms with Crippen LogP contribution in [0.5, 0.6) is 0 Å². The Bertz CT molecular complexity index is 1560. The Kier molecular flexibility index (Phi) is 55.5. The molecule has 0 spiro atoms. The number of esters is 3. The summed E-state index contributed by atoms with van der Waals surface area (Å²) in [6.45, 7) is 6.39. The van der Waals surface area contributed by atoms with Gasteiger partial charge in [0, 0.05) is 19.3 Å². The van der Waals surface area contributed by atoms with Gasteiger partial charge < -0.3 is 14.2 Å². The Hall–Kier alpha value is -4.45. The molecule has 0 aromatic carbocycles. The van der Waals surface area contributed by atoms with Crippen molar-refractivity contribution in [1.82, 2.24) is 0 Å². The maximum atomic E-state index is 12.9. The lowest BCUT2D eigenvalue weighted by atomic mass is 10.1. The van der Waals surface area contributed by atoms with Gasteiger partial charge in [-0.2, -0.15) is 0 Å². The van der Waals surface area contributed by atoms with Gasteiger partial charge in [0.05, 0.1) is 0 Å². The van der Waals surface area contributed by atoms with E-state index in [1.165, 1.54) is 96.3 Å². The van der Waals surface area contributed by atoms with Gasteiger partial charge in [0.25, 0.3) is 0 Å². The Morgan fingerprint density at radius 2 is 0.611 bits per heavy atom. The maximum absolute atomic E-state index is 12.9. The van der Waals surface area contributed by atoms with Crippen molar-refractivity contribution in [2.24, 2.45) is 0 Å². The molecular weight excluding hydrogens is 889 g/mol. The van der Waals surface area contributed by atoms with E-state index < -0.39 is 6.10 Å². The maximum Gasteiger partial charge on any atom is 0.306 e. The first-order chi connectivity index (χ1) is 35.5. The van der Waals surface area contributed by atoms with E-state index in [0.29, 0.717) is 12.8 Å². The van der Waals surface area contributed by atoms with Crippen LogP contribution >= 0.6 is 0 Å². The zero-order valence-electron chi connectivity index (χ0n) is 46.4. The molecule has 0 aliphatic heterocycles. The van der Waals surface area contributed by atoms with Crippen molar-refractivity contribution >= 4 is 17.9 Å². The average molecular weight is 996 g/mol. The summed E-state index contributed by atoms with van der Waals surface area (Å²) < 4.78 is 16.8. The van der Waals surface area contributed by atoms with Gasteiger partial charge in [0.1, 0.15) is 13.2 Å². The number of carbonyl (C=O) groups is 3. The number of carbonyl (C=O) groups excluding carboxylic acids is 3. The van der Waals surface area contributed by atoms with Crippen molar-refractivity contribution in [2.45, 2.75) is 252 Å². The number of allylic oxidation sites excluding steroid dienone is 22. The van der Waals surface area contributed by atoms with Crippen LogP contribution < -0.4 is 0 Å². The number of hydrogen-bond acceptors (Lipinski definition) is 6. The van der Waals surface area contributed by atoms with E-state index in [1.54, 1.807) is 0 Å². The van der Waals surface area contributed by atoms with Crippen molar-refractivity contribution < 1.29 is 28.6 Å². The number of unbranched alkanes of at least 4 members (excludes halogenated alkanes) is 22. The third-order valence-electron chi connectivity index (χ3n) is 12.0. The van der Waals surface area contributed by atoms with E-state index in [0.717, 1.165) is 103 Å². The predicted octanol–water partition coefficient (Wildman–Crippen LogP) is 19.8. The second-order valence-electron chi connectivity index (χ2n) is 18.9. The van der Waals surface area contributed by atoms with E-state index in [4.69, 9.17) is 14.2 Å². The Labute approximate surface area is 443 Å². The van der Waals surface area contributed by atoms with Gasteiger partial charge in [0.15, 0.2) is 6.10 Å². The minimum absolute atomic E-state index is 0.112. The zero-order valence-corrected chi connectivity index (χ0v) is 46.4. The molecule has 0 radical (unpaired) electrons. The molecule has 0 aliphatic carbocycles. The fourth-order valence-electron chi connectivity index (χ4n) is 7.60. The van der Waals surface area contributed by atoms with E-state index in [1.807, 2.05) is 0 Å². The molecule has 1 unspecified atom stereocenters. The van der Waals surface area contributed by atoms with Gasteiger partial charge in [-0.15, -0.1) is 0 Å². The SMILES string of the molecule is CC/C=C\C/C=C\C/C=C\C/C=C\C/C=C\CCCC(=O)OCC(COC(=O)CCCCCCCCCCCC/C=C\C=C/CCCCC)OC(=O)CCCCCCC\C=C/C=C\C=C/C=C\CCCCC. The van der Waals surface area contributed by atoms with Gasteiger partial charge in [0.2, 0.25) is 0 Å². The first-order valence-electron chi connectivity index (χ1n) is 29.3. The van der Waals surface area contributed by atoms with Gasteiger partial charge >= 0.3 is 17.9 Å². The molecule has 0 saturated heterocycles. The molecule has 6 heteroatoms. The van der Waals surface area contributed by atoms with Crippen molar-refractivity contribution in [1.29, 1.82) is 0 Å². The number of rotatable bonds is 51. The normalized spacial score (nSPS) is 13.1. The molecule has 0 N–H and O–H groups in total. The van der Waals surface area contributed by atoms with E-state index in [-0.39, 0.29) is 44.0 Å². The summed E-state index contributed by atoms with van der Waals surface area (Å²) in [5.41, 5.74) is 0.